The van der Waals surface area contributed by atoms with Crippen LogP contribution in [-0.4, -0.2) is 12.6 Å². The Bertz CT molecular complexity index is 352. The highest BCUT2D eigenvalue weighted by molar-refractivity contribution is 9.10. The number of hydrogen-bond donors (Lipinski definition) is 0. The molecule has 2 nitrogen and oxygen atoms in total. The van der Waals surface area contributed by atoms with Crippen molar-refractivity contribution in [2.24, 2.45) is 0 Å². The summed E-state index contributed by atoms with van der Waals surface area (Å²) in [4.78, 5) is 11.5. The van der Waals surface area contributed by atoms with E-state index in [0.717, 1.165) is 12.8 Å². The molecule has 0 unspecified atom stereocenters. The highest BCUT2D eigenvalue weighted by atomic mass is 79.9. The number of hydrogen-bond acceptors (Lipinski definition) is 2. The van der Waals surface area contributed by atoms with Gasteiger partial charge in [0.1, 0.15) is 5.82 Å². The van der Waals surface area contributed by atoms with Crippen LogP contribution in [0.25, 0.3) is 0 Å². The molecule has 1 rings (SSSR count). The van der Waals surface area contributed by atoms with Crippen LogP contribution in [0.5, 0.6) is 0 Å². The minimum absolute atomic E-state index is 0.159. The fourth-order valence-corrected chi connectivity index (χ4v) is 1.47. The molecule has 15 heavy (non-hydrogen) atoms. The molecule has 0 atom stereocenters. The second-order valence-corrected chi connectivity index (χ2v) is 3.88. The van der Waals surface area contributed by atoms with Crippen LogP contribution in [-0.2, 0) is 4.74 Å². The fourth-order valence-electron chi connectivity index (χ4n) is 1.05. The number of benzene rings is 1. The molecular weight excluding hydrogens is 263 g/mol. The summed E-state index contributed by atoms with van der Waals surface area (Å²) in [6, 6.07) is 4.30. The van der Waals surface area contributed by atoms with Gasteiger partial charge in [-0.25, -0.2) is 9.18 Å². The Balaban J connectivity index is 2.69. The molecule has 0 heterocycles. The largest absolute Gasteiger partial charge is 0.462 e. The van der Waals surface area contributed by atoms with E-state index in [0.29, 0.717) is 6.61 Å². The molecule has 0 aliphatic rings. The molecular formula is C11H12BrFO2. The van der Waals surface area contributed by atoms with E-state index in [4.69, 9.17) is 4.74 Å². The summed E-state index contributed by atoms with van der Waals surface area (Å²) in [5, 5.41) is 0. The zero-order chi connectivity index (χ0) is 11.3. The molecule has 82 valence electrons. The third kappa shape index (κ3) is 3.30. The van der Waals surface area contributed by atoms with Gasteiger partial charge in [0, 0.05) is 0 Å². The van der Waals surface area contributed by atoms with E-state index in [-0.39, 0.29) is 10.0 Å². The Morgan fingerprint density at radius 2 is 2.27 bits per heavy atom. The van der Waals surface area contributed by atoms with Crippen molar-refractivity contribution in [3.05, 3.63) is 34.1 Å². The Hall–Kier alpha value is -0.900. The van der Waals surface area contributed by atoms with E-state index in [1.165, 1.54) is 18.2 Å². The van der Waals surface area contributed by atoms with Gasteiger partial charge < -0.3 is 4.74 Å². The minimum atomic E-state index is -0.491. The number of carbonyl (C=O) groups excluding carboxylic acids is 1. The molecule has 0 radical (unpaired) electrons. The summed E-state index contributed by atoms with van der Waals surface area (Å²) in [6.07, 6.45) is 1.77. The van der Waals surface area contributed by atoms with Gasteiger partial charge in [0.2, 0.25) is 0 Å². The van der Waals surface area contributed by atoms with Gasteiger partial charge >= 0.3 is 5.97 Å². The highest BCUT2D eigenvalue weighted by Gasteiger charge is 2.13. The summed E-state index contributed by atoms with van der Waals surface area (Å²) >= 11 is 3.01. The van der Waals surface area contributed by atoms with Gasteiger partial charge in [0.25, 0.3) is 0 Å². The molecule has 0 bridgehead atoms. The lowest BCUT2D eigenvalue weighted by molar-refractivity contribution is 0.0498. The molecule has 0 fully saturated rings. The van der Waals surface area contributed by atoms with Gasteiger partial charge in [-0.2, -0.15) is 0 Å². The summed E-state index contributed by atoms with van der Waals surface area (Å²) in [5.74, 6) is -0.949. The summed E-state index contributed by atoms with van der Waals surface area (Å²) < 4.78 is 18.2. The molecule has 1 aromatic carbocycles. The van der Waals surface area contributed by atoms with Gasteiger partial charge in [-0.3, -0.25) is 0 Å². The predicted molar refractivity (Wildman–Crippen MR) is 59.3 cm³/mol. The van der Waals surface area contributed by atoms with Crippen molar-refractivity contribution < 1.29 is 13.9 Å². The molecule has 0 saturated carbocycles. The van der Waals surface area contributed by atoms with Gasteiger partial charge in [-0.05, 0) is 34.5 Å². The Morgan fingerprint density at radius 3 is 2.93 bits per heavy atom. The second kappa shape index (κ2) is 5.85. The van der Waals surface area contributed by atoms with Crippen molar-refractivity contribution in [1.82, 2.24) is 0 Å². The number of unbranched alkanes of at least 4 members (excludes halogenated alkanes) is 1. The smallest absolute Gasteiger partial charge is 0.339 e. The summed E-state index contributed by atoms with van der Waals surface area (Å²) in [5.41, 5.74) is 0.228. The van der Waals surface area contributed by atoms with Crippen LogP contribution >= 0.6 is 15.9 Å². The molecule has 0 aliphatic carbocycles. The lowest BCUT2D eigenvalue weighted by Crippen LogP contribution is -2.07. The molecule has 0 N–H and O–H groups in total. The van der Waals surface area contributed by atoms with Crippen LogP contribution in [0.2, 0.25) is 0 Å². The molecule has 0 saturated heterocycles. The van der Waals surface area contributed by atoms with Crippen LogP contribution in [0.3, 0.4) is 0 Å². The van der Waals surface area contributed by atoms with Crippen LogP contribution in [0.4, 0.5) is 4.39 Å². The predicted octanol–water partition coefficient (Wildman–Crippen LogP) is 3.55. The SMILES string of the molecule is CCCCOC(=O)c1cccc(F)c1Br. The number of esters is 1. The molecule has 0 spiro atoms. The maximum absolute atomic E-state index is 13.1. The van der Waals surface area contributed by atoms with Crippen molar-refractivity contribution in [2.75, 3.05) is 6.61 Å². The second-order valence-electron chi connectivity index (χ2n) is 3.09. The lowest BCUT2D eigenvalue weighted by Gasteiger charge is -2.05. The number of halogens is 2. The van der Waals surface area contributed by atoms with Gasteiger partial charge in [-0.15, -0.1) is 0 Å². The monoisotopic (exact) mass is 274 g/mol. The van der Waals surface area contributed by atoms with Crippen molar-refractivity contribution in [1.29, 1.82) is 0 Å². The van der Waals surface area contributed by atoms with E-state index < -0.39 is 11.8 Å². The maximum atomic E-state index is 13.1. The zero-order valence-electron chi connectivity index (χ0n) is 8.43. The van der Waals surface area contributed by atoms with Crippen molar-refractivity contribution in [3.63, 3.8) is 0 Å². The average Bonchev–Trinajstić information content (AvgIpc) is 2.22. The molecule has 0 aliphatic heterocycles. The average molecular weight is 275 g/mol. The Morgan fingerprint density at radius 1 is 1.53 bits per heavy atom. The van der Waals surface area contributed by atoms with Gasteiger partial charge in [0.05, 0.1) is 16.6 Å². The number of rotatable bonds is 4. The van der Waals surface area contributed by atoms with E-state index in [9.17, 15) is 9.18 Å². The third-order valence-corrected chi connectivity index (χ3v) is 2.71. The first-order valence-corrected chi connectivity index (χ1v) is 5.57. The Kier molecular flexibility index (Phi) is 4.75. The number of ether oxygens (including phenoxy) is 1. The third-order valence-electron chi connectivity index (χ3n) is 1.90. The quantitative estimate of drug-likeness (QED) is 0.620. The van der Waals surface area contributed by atoms with Crippen molar-refractivity contribution in [2.45, 2.75) is 19.8 Å². The van der Waals surface area contributed by atoms with Crippen LogP contribution < -0.4 is 0 Å². The molecule has 4 heteroatoms. The lowest BCUT2D eigenvalue weighted by atomic mass is 10.2. The first-order chi connectivity index (χ1) is 7.16. The first kappa shape index (κ1) is 12.2. The van der Waals surface area contributed by atoms with Gasteiger partial charge in [-0.1, -0.05) is 19.4 Å². The van der Waals surface area contributed by atoms with Gasteiger partial charge in [0.15, 0.2) is 0 Å². The molecule has 1 aromatic rings. The van der Waals surface area contributed by atoms with E-state index in [1.807, 2.05) is 6.92 Å². The fraction of sp³-hybridized carbons (Fsp3) is 0.364. The normalized spacial score (nSPS) is 10.1. The van der Waals surface area contributed by atoms with Crippen LogP contribution in [0.1, 0.15) is 30.1 Å². The van der Waals surface area contributed by atoms with Crippen LogP contribution in [0, 0.1) is 5.82 Å². The Labute approximate surface area is 96.6 Å². The van der Waals surface area contributed by atoms with Crippen molar-refractivity contribution in [3.8, 4) is 0 Å². The van der Waals surface area contributed by atoms with Crippen LogP contribution in [0.15, 0.2) is 22.7 Å². The molecule has 0 aromatic heterocycles. The zero-order valence-corrected chi connectivity index (χ0v) is 10.0. The summed E-state index contributed by atoms with van der Waals surface area (Å²) in [6.45, 7) is 2.38. The number of carbonyl (C=O) groups is 1. The van der Waals surface area contributed by atoms with E-state index in [1.54, 1.807) is 0 Å². The van der Waals surface area contributed by atoms with E-state index >= 15 is 0 Å². The molecule has 0 amide bonds. The first-order valence-electron chi connectivity index (χ1n) is 4.78. The maximum Gasteiger partial charge on any atom is 0.339 e. The van der Waals surface area contributed by atoms with E-state index in [2.05, 4.69) is 15.9 Å². The topological polar surface area (TPSA) is 26.3 Å². The summed E-state index contributed by atoms with van der Waals surface area (Å²) in [7, 11) is 0. The van der Waals surface area contributed by atoms with Crippen molar-refractivity contribution >= 4 is 21.9 Å². The highest BCUT2D eigenvalue weighted by Crippen LogP contribution is 2.21. The standard InChI is InChI=1S/C11H12BrFO2/c1-2-3-7-15-11(14)8-5-4-6-9(13)10(8)12/h4-6H,2-3,7H2,1H3. The minimum Gasteiger partial charge on any atom is -0.462 e.